The van der Waals surface area contributed by atoms with Crippen molar-refractivity contribution >= 4 is 21.6 Å². The third-order valence-corrected chi connectivity index (χ3v) is 7.75. The van der Waals surface area contributed by atoms with E-state index in [9.17, 15) is 41.0 Å². The van der Waals surface area contributed by atoms with Crippen LogP contribution in [0.5, 0.6) is 17.2 Å². The number of nitrogens with zero attached hydrogens (tertiary/aromatic N) is 1. The van der Waals surface area contributed by atoms with Crippen LogP contribution in [0.3, 0.4) is 0 Å². The molecular weight excluding hydrogens is 566 g/mol. The fourth-order valence-corrected chi connectivity index (χ4v) is 5.59. The van der Waals surface area contributed by atoms with Crippen molar-refractivity contribution in [2.45, 2.75) is 50.9 Å². The van der Waals surface area contributed by atoms with Gasteiger partial charge in [-0.1, -0.05) is 12.1 Å². The second-order valence-corrected chi connectivity index (χ2v) is 10.3. The molecule has 4 aromatic rings. The molecule has 2 N–H and O–H groups in total. The minimum atomic E-state index is -5.08. The number of nitrogens with one attached hydrogen (secondary N) is 1. The number of hydrogen-bond donors (Lipinski definition) is 2. The zero-order valence-electron chi connectivity index (χ0n) is 20.5. The van der Waals surface area contributed by atoms with Crippen molar-refractivity contribution in [1.29, 1.82) is 0 Å². The Morgan fingerprint density at radius 3 is 2.33 bits per heavy atom. The van der Waals surface area contributed by atoms with Gasteiger partial charge in [0, 0.05) is 4.88 Å². The predicted molar refractivity (Wildman–Crippen MR) is 134 cm³/mol. The molecule has 1 atom stereocenters. The quantitative estimate of drug-likeness (QED) is 0.251. The molecule has 14 heteroatoms. The van der Waals surface area contributed by atoms with Crippen LogP contribution in [0.15, 0.2) is 52.1 Å². The van der Waals surface area contributed by atoms with E-state index in [4.69, 9.17) is 4.74 Å². The average molecular weight is 587 g/mol. The highest BCUT2D eigenvalue weighted by molar-refractivity contribution is 7.22. The van der Waals surface area contributed by atoms with E-state index in [-0.39, 0.29) is 37.7 Å². The molecule has 1 aliphatic carbocycles. The topological polar surface area (TPSA) is 93.5 Å². The molecule has 0 bridgehead atoms. The van der Waals surface area contributed by atoms with E-state index < -0.39 is 42.2 Å². The van der Waals surface area contributed by atoms with Gasteiger partial charge in [-0.3, -0.25) is 14.3 Å². The Morgan fingerprint density at radius 1 is 1.05 bits per heavy atom. The van der Waals surface area contributed by atoms with Crippen LogP contribution >= 0.6 is 11.3 Å². The van der Waals surface area contributed by atoms with E-state index in [0.717, 1.165) is 35.8 Å². The number of aromatic amines is 1. The maximum Gasteiger partial charge on any atom is 0.573 e. The van der Waals surface area contributed by atoms with Crippen molar-refractivity contribution in [2.24, 2.45) is 0 Å². The molecule has 2 aromatic heterocycles. The number of H-pyrrole nitrogens is 1. The molecule has 212 valence electrons. The Labute approximate surface area is 225 Å². The van der Waals surface area contributed by atoms with Crippen LogP contribution in [-0.2, 0) is 6.54 Å². The number of aromatic nitrogens is 2. The number of aliphatic hydroxyl groups excluding tert-OH is 1. The number of hydrogen-bond acceptors (Lipinski definition) is 6. The van der Waals surface area contributed by atoms with Crippen LogP contribution in [0.2, 0.25) is 0 Å². The summed E-state index contributed by atoms with van der Waals surface area (Å²) in [5, 5.41) is 9.38. The van der Waals surface area contributed by atoms with Crippen molar-refractivity contribution in [3.05, 3.63) is 74.4 Å². The molecule has 2 heterocycles. The van der Waals surface area contributed by atoms with Crippen molar-refractivity contribution in [1.82, 2.24) is 9.55 Å². The largest absolute Gasteiger partial charge is 0.573 e. The highest BCUT2D eigenvalue weighted by atomic mass is 32.1. The second-order valence-electron chi connectivity index (χ2n) is 9.32. The molecule has 1 aliphatic rings. The Kier molecular flexibility index (Phi) is 6.94. The Bertz CT molecular complexity index is 1680. The number of alkyl halides is 6. The van der Waals surface area contributed by atoms with Crippen LogP contribution in [0.25, 0.3) is 20.7 Å². The summed E-state index contributed by atoms with van der Waals surface area (Å²) in [6.45, 7) is 0.248. The minimum absolute atomic E-state index is 0.129. The number of halogens is 6. The van der Waals surface area contributed by atoms with Crippen molar-refractivity contribution in [3.8, 4) is 27.7 Å². The van der Waals surface area contributed by atoms with Gasteiger partial charge in [-0.25, -0.2) is 4.79 Å². The van der Waals surface area contributed by atoms with Gasteiger partial charge in [-0.2, -0.15) is 13.2 Å². The standard InChI is InChI=1S/C26H20F6N2O5S/c1-12-20-22(36)33-24(37)34(11-19(35)25(27,28)29)23(20)40-21(12)15-6-9-17(18(10-15)39-26(30,31)32)38-16-7-4-14(5-8-16)13-2-3-13/h4-10,13,19,35H,2-3,11H2,1H3,(H,33,36,37)/t19-/m1/s1. The Hall–Kier alpha value is -3.78. The van der Waals surface area contributed by atoms with Gasteiger partial charge in [0.05, 0.1) is 11.9 Å². The first-order valence-electron chi connectivity index (χ1n) is 11.9. The van der Waals surface area contributed by atoms with E-state index in [1.165, 1.54) is 19.1 Å². The van der Waals surface area contributed by atoms with Crippen LogP contribution in [0.4, 0.5) is 26.3 Å². The summed E-state index contributed by atoms with van der Waals surface area (Å²) in [5.74, 6) is -0.183. The van der Waals surface area contributed by atoms with Gasteiger partial charge >= 0.3 is 18.2 Å². The molecule has 0 saturated heterocycles. The highest BCUT2D eigenvalue weighted by Crippen LogP contribution is 2.44. The first kappa shape index (κ1) is 27.8. The van der Waals surface area contributed by atoms with Gasteiger partial charge < -0.3 is 14.6 Å². The average Bonchev–Trinajstić information content (AvgIpc) is 3.64. The molecule has 1 fully saturated rings. The summed E-state index contributed by atoms with van der Waals surface area (Å²) in [4.78, 5) is 26.8. The SMILES string of the molecule is Cc1c(-c2ccc(Oc3ccc(C4CC4)cc3)c(OC(F)(F)F)c2)sc2c1c(=O)[nH]c(=O)n2C[C@@H](O)C(F)(F)F. The van der Waals surface area contributed by atoms with Crippen molar-refractivity contribution < 1.29 is 40.9 Å². The van der Waals surface area contributed by atoms with Gasteiger partial charge in [-0.05, 0) is 72.7 Å². The Morgan fingerprint density at radius 2 is 1.73 bits per heavy atom. The molecule has 5 rings (SSSR count). The molecule has 0 spiro atoms. The summed E-state index contributed by atoms with van der Waals surface area (Å²) < 4.78 is 89.2. The molecule has 2 aromatic carbocycles. The van der Waals surface area contributed by atoms with Gasteiger partial charge in [0.2, 0.25) is 0 Å². The fraction of sp³-hybridized carbons (Fsp3) is 0.308. The van der Waals surface area contributed by atoms with Crippen molar-refractivity contribution in [2.75, 3.05) is 0 Å². The molecule has 0 radical (unpaired) electrons. The summed E-state index contributed by atoms with van der Waals surface area (Å²) in [6.07, 6.45) is -10.9. The normalized spacial score (nSPS) is 14.9. The van der Waals surface area contributed by atoms with Gasteiger partial charge in [-0.15, -0.1) is 24.5 Å². The summed E-state index contributed by atoms with van der Waals surface area (Å²) in [5.41, 5.74) is -0.626. The third kappa shape index (κ3) is 5.72. The lowest BCUT2D eigenvalue weighted by Crippen LogP contribution is -2.38. The highest BCUT2D eigenvalue weighted by Gasteiger charge is 2.39. The van der Waals surface area contributed by atoms with Crippen molar-refractivity contribution in [3.63, 3.8) is 0 Å². The van der Waals surface area contributed by atoms with E-state index in [0.29, 0.717) is 10.5 Å². The second kappa shape index (κ2) is 10.0. The first-order valence-corrected chi connectivity index (χ1v) is 12.7. The van der Waals surface area contributed by atoms with E-state index in [2.05, 4.69) is 4.74 Å². The van der Waals surface area contributed by atoms with E-state index in [1.54, 1.807) is 12.1 Å². The number of aryl methyl sites for hydroxylation is 1. The van der Waals surface area contributed by atoms with E-state index in [1.807, 2.05) is 17.1 Å². The van der Waals surface area contributed by atoms with Crippen LogP contribution in [0, 0.1) is 6.92 Å². The summed E-state index contributed by atoms with van der Waals surface area (Å²) in [6, 6.07) is 10.6. The van der Waals surface area contributed by atoms with Gasteiger partial charge in [0.25, 0.3) is 5.56 Å². The maximum absolute atomic E-state index is 13.3. The molecule has 0 unspecified atom stereocenters. The van der Waals surface area contributed by atoms with Crippen LogP contribution < -0.4 is 20.7 Å². The summed E-state index contributed by atoms with van der Waals surface area (Å²) >= 11 is 0.718. The molecule has 1 saturated carbocycles. The number of thiophene rings is 1. The number of fused-ring (bicyclic) bond motifs is 1. The number of ether oxygens (including phenoxy) is 2. The predicted octanol–water partition coefficient (Wildman–Crippen LogP) is 6.22. The molecular formula is C26H20F6N2O5S. The lowest BCUT2D eigenvalue weighted by Gasteiger charge is -2.16. The van der Waals surface area contributed by atoms with Gasteiger partial charge in [0.15, 0.2) is 17.6 Å². The summed E-state index contributed by atoms with van der Waals surface area (Å²) in [7, 11) is 0. The lowest BCUT2D eigenvalue weighted by atomic mass is 10.1. The molecule has 40 heavy (non-hydrogen) atoms. The molecule has 0 amide bonds. The number of aliphatic hydroxyl groups is 1. The monoisotopic (exact) mass is 586 g/mol. The lowest BCUT2D eigenvalue weighted by molar-refractivity contribution is -0.275. The van der Waals surface area contributed by atoms with Crippen LogP contribution in [-0.4, -0.2) is 33.3 Å². The first-order chi connectivity index (χ1) is 18.7. The molecule has 7 nitrogen and oxygen atoms in total. The zero-order valence-corrected chi connectivity index (χ0v) is 21.3. The third-order valence-electron chi connectivity index (χ3n) is 6.39. The molecule has 0 aliphatic heterocycles. The minimum Gasteiger partial charge on any atom is -0.453 e. The van der Waals surface area contributed by atoms with Gasteiger partial charge in [0.1, 0.15) is 10.6 Å². The number of benzene rings is 2. The fourth-order valence-electron chi connectivity index (χ4n) is 4.28. The van der Waals surface area contributed by atoms with Crippen LogP contribution in [0.1, 0.15) is 29.9 Å². The van der Waals surface area contributed by atoms with E-state index >= 15 is 0 Å². The Balaban J connectivity index is 1.57. The smallest absolute Gasteiger partial charge is 0.453 e. The zero-order chi connectivity index (χ0) is 29.0. The number of rotatable bonds is 7. The maximum atomic E-state index is 13.3.